The van der Waals surface area contributed by atoms with E-state index in [9.17, 15) is 9.90 Å². The van der Waals surface area contributed by atoms with Crippen molar-refractivity contribution >= 4 is 5.91 Å². The van der Waals surface area contributed by atoms with Crippen molar-refractivity contribution in [3.05, 3.63) is 29.3 Å². The fraction of sp³-hybridized carbons (Fsp3) is 0.562. The first-order valence-corrected chi connectivity index (χ1v) is 7.40. The molecule has 3 N–H and O–H groups in total. The van der Waals surface area contributed by atoms with Gasteiger partial charge in [0.2, 0.25) is 0 Å². The summed E-state index contributed by atoms with van der Waals surface area (Å²) < 4.78 is 0. The smallest absolute Gasteiger partial charge is 0.254 e. The fourth-order valence-electron chi connectivity index (χ4n) is 3.74. The Morgan fingerprint density at radius 1 is 1.35 bits per heavy atom. The van der Waals surface area contributed by atoms with Crippen molar-refractivity contribution in [3.63, 3.8) is 0 Å². The summed E-state index contributed by atoms with van der Waals surface area (Å²) in [7, 11) is 0. The molecule has 108 valence electrons. The lowest BCUT2D eigenvalue weighted by Gasteiger charge is -2.29. The van der Waals surface area contributed by atoms with E-state index < -0.39 is 0 Å². The van der Waals surface area contributed by atoms with Gasteiger partial charge >= 0.3 is 0 Å². The minimum atomic E-state index is 0.0732. The van der Waals surface area contributed by atoms with Crippen LogP contribution in [-0.4, -0.2) is 35.0 Å². The molecule has 0 radical (unpaired) electrons. The first kappa shape index (κ1) is 13.4. The number of rotatable bonds is 1. The van der Waals surface area contributed by atoms with Gasteiger partial charge < -0.3 is 15.7 Å². The summed E-state index contributed by atoms with van der Waals surface area (Å²) in [5.41, 5.74) is 7.72. The first-order chi connectivity index (χ1) is 9.56. The van der Waals surface area contributed by atoms with Crippen LogP contribution in [0.2, 0.25) is 0 Å². The Hall–Kier alpha value is -1.55. The Bertz CT molecular complexity index is 529. The fourth-order valence-corrected chi connectivity index (χ4v) is 3.74. The molecule has 1 aliphatic carbocycles. The van der Waals surface area contributed by atoms with Crippen LogP contribution in [0, 0.1) is 18.8 Å². The molecule has 3 atom stereocenters. The molecule has 2 aliphatic rings. The molecular formula is C16H22N2O2. The summed E-state index contributed by atoms with van der Waals surface area (Å²) in [6.07, 6.45) is 3.46. The van der Waals surface area contributed by atoms with Crippen LogP contribution in [-0.2, 0) is 0 Å². The highest BCUT2D eigenvalue weighted by molar-refractivity contribution is 5.96. The van der Waals surface area contributed by atoms with Crippen molar-refractivity contribution in [1.82, 2.24) is 4.90 Å². The Balaban J connectivity index is 1.78. The maximum Gasteiger partial charge on any atom is 0.254 e. The molecule has 1 heterocycles. The van der Waals surface area contributed by atoms with E-state index in [0.29, 0.717) is 17.4 Å². The number of aromatic hydroxyl groups is 1. The van der Waals surface area contributed by atoms with E-state index in [1.807, 2.05) is 11.8 Å². The van der Waals surface area contributed by atoms with E-state index >= 15 is 0 Å². The highest BCUT2D eigenvalue weighted by Gasteiger charge is 2.40. The zero-order valence-corrected chi connectivity index (χ0v) is 11.9. The molecule has 1 saturated carbocycles. The summed E-state index contributed by atoms with van der Waals surface area (Å²) in [6.45, 7) is 3.48. The molecule has 0 bridgehead atoms. The topological polar surface area (TPSA) is 66.6 Å². The number of aryl methyl sites for hydroxylation is 1. The van der Waals surface area contributed by atoms with Crippen LogP contribution in [0.15, 0.2) is 18.2 Å². The largest absolute Gasteiger partial charge is 0.508 e. The molecule has 1 aliphatic heterocycles. The van der Waals surface area contributed by atoms with Crippen molar-refractivity contribution in [2.24, 2.45) is 17.6 Å². The van der Waals surface area contributed by atoms with E-state index in [0.717, 1.165) is 25.1 Å². The normalized spacial score (nSPS) is 29.3. The number of likely N-dealkylation sites (tertiary alicyclic amines) is 1. The Morgan fingerprint density at radius 3 is 2.85 bits per heavy atom. The molecule has 2 fully saturated rings. The third-order valence-electron chi connectivity index (χ3n) is 4.88. The van der Waals surface area contributed by atoms with Crippen LogP contribution < -0.4 is 5.73 Å². The zero-order chi connectivity index (χ0) is 14.3. The van der Waals surface area contributed by atoms with Gasteiger partial charge in [-0.15, -0.1) is 0 Å². The van der Waals surface area contributed by atoms with Crippen LogP contribution in [0.4, 0.5) is 0 Å². The van der Waals surface area contributed by atoms with Crippen LogP contribution in [0.25, 0.3) is 0 Å². The lowest BCUT2D eigenvalue weighted by molar-refractivity contribution is 0.0783. The number of carbonyl (C=O) groups is 1. The second kappa shape index (κ2) is 5.09. The van der Waals surface area contributed by atoms with Gasteiger partial charge in [-0.05, 0) is 55.4 Å². The third kappa shape index (κ3) is 2.29. The molecule has 1 saturated heterocycles. The highest BCUT2D eigenvalue weighted by Crippen LogP contribution is 2.36. The van der Waals surface area contributed by atoms with Gasteiger partial charge in [0.15, 0.2) is 0 Å². The third-order valence-corrected chi connectivity index (χ3v) is 4.88. The number of phenols is 1. The summed E-state index contributed by atoms with van der Waals surface area (Å²) in [4.78, 5) is 14.6. The number of fused-ring (bicyclic) bond motifs is 1. The molecule has 4 heteroatoms. The van der Waals surface area contributed by atoms with E-state index in [1.54, 1.807) is 18.2 Å². The predicted molar refractivity (Wildman–Crippen MR) is 77.6 cm³/mol. The number of nitrogens with zero attached hydrogens (tertiary/aromatic N) is 1. The average Bonchev–Trinajstić information content (AvgIpc) is 2.83. The SMILES string of the molecule is Cc1cc(O)ccc1C(=O)N1CC2CCCC(N)C2C1. The molecule has 0 aromatic heterocycles. The summed E-state index contributed by atoms with van der Waals surface area (Å²) in [6, 6.07) is 5.18. The Labute approximate surface area is 119 Å². The molecule has 4 nitrogen and oxygen atoms in total. The molecule has 1 aromatic carbocycles. The number of benzene rings is 1. The van der Waals surface area contributed by atoms with Crippen molar-refractivity contribution in [3.8, 4) is 5.75 Å². The number of phenolic OH excluding ortho intramolecular Hbond substituents is 1. The van der Waals surface area contributed by atoms with Crippen molar-refractivity contribution in [2.75, 3.05) is 13.1 Å². The van der Waals surface area contributed by atoms with Crippen LogP contribution in [0.5, 0.6) is 5.75 Å². The number of nitrogens with two attached hydrogens (primary N) is 1. The van der Waals surface area contributed by atoms with E-state index in [-0.39, 0.29) is 17.7 Å². The van der Waals surface area contributed by atoms with Gasteiger partial charge in [-0.25, -0.2) is 0 Å². The molecule has 1 amide bonds. The second-order valence-electron chi connectivity index (χ2n) is 6.23. The average molecular weight is 274 g/mol. The highest BCUT2D eigenvalue weighted by atomic mass is 16.3. The first-order valence-electron chi connectivity index (χ1n) is 7.40. The second-order valence-corrected chi connectivity index (χ2v) is 6.23. The molecular weight excluding hydrogens is 252 g/mol. The van der Waals surface area contributed by atoms with Gasteiger partial charge in [0, 0.05) is 24.7 Å². The van der Waals surface area contributed by atoms with E-state index in [4.69, 9.17) is 5.73 Å². The lowest BCUT2D eigenvalue weighted by Crippen LogP contribution is -2.38. The molecule has 0 spiro atoms. The van der Waals surface area contributed by atoms with Gasteiger partial charge in [-0.3, -0.25) is 4.79 Å². The van der Waals surface area contributed by atoms with Gasteiger partial charge in [-0.1, -0.05) is 6.42 Å². The minimum Gasteiger partial charge on any atom is -0.508 e. The molecule has 3 rings (SSSR count). The number of carbonyl (C=O) groups excluding carboxylic acids is 1. The number of hydrogen-bond donors (Lipinski definition) is 2. The van der Waals surface area contributed by atoms with Crippen molar-refractivity contribution in [2.45, 2.75) is 32.2 Å². The van der Waals surface area contributed by atoms with Crippen LogP contribution in [0.1, 0.15) is 35.2 Å². The lowest BCUT2D eigenvalue weighted by atomic mass is 9.78. The Kier molecular flexibility index (Phi) is 3.42. The summed E-state index contributed by atoms with van der Waals surface area (Å²) in [5.74, 6) is 1.31. The van der Waals surface area contributed by atoms with Gasteiger partial charge in [0.1, 0.15) is 5.75 Å². The van der Waals surface area contributed by atoms with Gasteiger partial charge in [0.25, 0.3) is 5.91 Å². The monoisotopic (exact) mass is 274 g/mol. The van der Waals surface area contributed by atoms with Crippen LogP contribution >= 0.6 is 0 Å². The summed E-state index contributed by atoms with van der Waals surface area (Å²) >= 11 is 0. The predicted octanol–water partition coefficient (Wildman–Crippen LogP) is 1.90. The standard InChI is InChI=1S/C16H22N2O2/c1-10-7-12(19)5-6-13(10)16(20)18-8-11-3-2-4-15(17)14(11)9-18/h5-7,11,14-15,19H,2-4,8-9,17H2,1H3. The van der Waals surface area contributed by atoms with Gasteiger partial charge in [-0.2, -0.15) is 0 Å². The van der Waals surface area contributed by atoms with Crippen molar-refractivity contribution in [1.29, 1.82) is 0 Å². The quantitative estimate of drug-likeness (QED) is 0.822. The minimum absolute atomic E-state index is 0.0732. The van der Waals surface area contributed by atoms with Crippen molar-refractivity contribution < 1.29 is 9.90 Å². The zero-order valence-electron chi connectivity index (χ0n) is 11.9. The summed E-state index contributed by atoms with van der Waals surface area (Å²) in [5, 5.41) is 9.45. The van der Waals surface area contributed by atoms with Crippen LogP contribution in [0.3, 0.4) is 0 Å². The maximum absolute atomic E-state index is 12.6. The number of amides is 1. The van der Waals surface area contributed by atoms with E-state index in [1.165, 1.54) is 12.8 Å². The Morgan fingerprint density at radius 2 is 2.15 bits per heavy atom. The maximum atomic E-state index is 12.6. The number of hydrogen-bond acceptors (Lipinski definition) is 3. The van der Waals surface area contributed by atoms with Gasteiger partial charge in [0.05, 0.1) is 0 Å². The molecule has 1 aromatic rings. The molecule has 3 unspecified atom stereocenters. The van der Waals surface area contributed by atoms with E-state index in [2.05, 4.69) is 0 Å². The molecule has 20 heavy (non-hydrogen) atoms.